The molecule has 1 aliphatic rings. The number of nitrogens with zero attached hydrogens (tertiary/aromatic N) is 2. The van der Waals surface area contributed by atoms with E-state index in [4.69, 9.17) is 16.6 Å². The highest BCUT2D eigenvalue weighted by Crippen LogP contribution is 2.23. The number of aryl methyl sites for hydroxylation is 2. The normalized spacial score (nSPS) is 19.2. The highest BCUT2D eigenvalue weighted by Gasteiger charge is 2.15. The molecule has 3 rings (SSSR count). The minimum Gasteiger partial charge on any atom is -0.328 e. The summed E-state index contributed by atoms with van der Waals surface area (Å²) in [6.07, 6.45) is 7.33. The van der Waals surface area contributed by atoms with E-state index in [2.05, 4.69) is 16.8 Å². The van der Waals surface area contributed by atoms with E-state index in [0.717, 1.165) is 29.9 Å². The van der Waals surface area contributed by atoms with Crippen molar-refractivity contribution in [2.45, 2.75) is 58.0 Å². The zero-order valence-electron chi connectivity index (χ0n) is 12.7. The molecule has 1 unspecified atom stereocenters. The Morgan fingerprint density at radius 2 is 2.29 bits per heavy atom. The maximum atomic E-state index is 6.15. The monoisotopic (exact) mass is 305 g/mol. The molecule has 1 saturated heterocycles. The van der Waals surface area contributed by atoms with Gasteiger partial charge in [-0.25, -0.2) is 4.98 Å². The molecule has 1 N–H and O–H groups in total. The second-order valence-electron chi connectivity index (χ2n) is 6.00. The average Bonchev–Trinajstić information content (AvgIpc) is 2.84. The number of hydrogen-bond donors (Lipinski definition) is 1. The van der Waals surface area contributed by atoms with Crippen LogP contribution in [0.4, 0.5) is 0 Å². The molecular formula is C17H24ClN3. The third kappa shape index (κ3) is 3.41. The highest BCUT2D eigenvalue weighted by molar-refractivity contribution is 6.31. The molecule has 2 heterocycles. The third-order valence-electron chi connectivity index (χ3n) is 4.37. The van der Waals surface area contributed by atoms with E-state index < -0.39 is 0 Å². The Balaban J connectivity index is 1.81. The van der Waals surface area contributed by atoms with E-state index in [0.29, 0.717) is 6.04 Å². The van der Waals surface area contributed by atoms with Crippen LogP contribution in [0.2, 0.25) is 5.02 Å². The Bertz CT molecular complexity index is 599. The quantitative estimate of drug-likeness (QED) is 0.898. The molecular weight excluding hydrogens is 282 g/mol. The van der Waals surface area contributed by atoms with Crippen LogP contribution >= 0.6 is 11.6 Å². The fourth-order valence-corrected chi connectivity index (χ4v) is 3.45. The van der Waals surface area contributed by atoms with Gasteiger partial charge in [-0.3, -0.25) is 0 Å². The minimum absolute atomic E-state index is 0.664. The summed E-state index contributed by atoms with van der Waals surface area (Å²) < 4.78 is 2.35. The van der Waals surface area contributed by atoms with Crippen molar-refractivity contribution in [3.8, 4) is 0 Å². The van der Waals surface area contributed by atoms with Gasteiger partial charge in [0.15, 0.2) is 0 Å². The van der Waals surface area contributed by atoms with Crippen LogP contribution in [-0.2, 0) is 13.0 Å². The summed E-state index contributed by atoms with van der Waals surface area (Å²) in [4.78, 5) is 4.83. The van der Waals surface area contributed by atoms with Gasteiger partial charge in [-0.05, 0) is 50.4 Å². The Morgan fingerprint density at radius 3 is 3.05 bits per heavy atom. The van der Waals surface area contributed by atoms with Crippen LogP contribution in [0.3, 0.4) is 0 Å². The number of imidazole rings is 1. The molecule has 1 aliphatic heterocycles. The SMILES string of the molecule is CCCn1c(CCC2CCCCN2)nc2ccc(Cl)cc21. The van der Waals surface area contributed by atoms with Crippen molar-refractivity contribution in [1.82, 2.24) is 14.9 Å². The predicted molar refractivity (Wildman–Crippen MR) is 89.0 cm³/mol. The van der Waals surface area contributed by atoms with Gasteiger partial charge in [0.1, 0.15) is 5.82 Å². The zero-order valence-corrected chi connectivity index (χ0v) is 13.5. The van der Waals surface area contributed by atoms with Crippen molar-refractivity contribution in [3.63, 3.8) is 0 Å². The highest BCUT2D eigenvalue weighted by atomic mass is 35.5. The molecule has 1 aromatic carbocycles. The van der Waals surface area contributed by atoms with Crippen LogP contribution in [0.25, 0.3) is 11.0 Å². The first-order valence-electron chi connectivity index (χ1n) is 8.16. The average molecular weight is 306 g/mol. The van der Waals surface area contributed by atoms with E-state index in [1.807, 2.05) is 18.2 Å². The smallest absolute Gasteiger partial charge is 0.109 e. The molecule has 0 radical (unpaired) electrons. The summed E-state index contributed by atoms with van der Waals surface area (Å²) in [7, 11) is 0. The molecule has 1 fully saturated rings. The van der Waals surface area contributed by atoms with Gasteiger partial charge in [0, 0.05) is 24.0 Å². The molecule has 114 valence electrons. The molecule has 1 atom stereocenters. The number of halogens is 1. The summed E-state index contributed by atoms with van der Waals surface area (Å²) in [5.74, 6) is 1.21. The molecule has 2 aromatic rings. The van der Waals surface area contributed by atoms with Crippen molar-refractivity contribution in [1.29, 1.82) is 0 Å². The Labute approximate surface area is 131 Å². The van der Waals surface area contributed by atoms with Crippen LogP contribution in [0, 0.1) is 0 Å². The number of piperidine rings is 1. The molecule has 0 spiro atoms. The summed E-state index contributed by atoms with van der Waals surface area (Å²) in [6, 6.07) is 6.67. The molecule has 4 heteroatoms. The molecule has 0 saturated carbocycles. The summed E-state index contributed by atoms with van der Waals surface area (Å²) in [6.45, 7) is 4.40. The standard InChI is InChI=1S/C17H24ClN3/c1-2-11-21-16-12-13(18)6-8-15(16)20-17(21)9-7-14-5-3-4-10-19-14/h6,8,12,14,19H,2-5,7,9-11H2,1H3. The van der Waals surface area contributed by atoms with E-state index in [-0.39, 0.29) is 0 Å². The van der Waals surface area contributed by atoms with Gasteiger partial charge in [-0.2, -0.15) is 0 Å². The van der Waals surface area contributed by atoms with Gasteiger partial charge in [-0.15, -0.1) is 0 Å². The predicted octanol–water partition coefficient (Wildman–Crippen LogP) is 4.17. The summed E-state index contributed by atoms with van der Waals surface area (Å²) >= 11 is 6.15. The minimum atomic E-state index is 0.664. The topological polar surface area (TPSA) is 29.9 Å². The second kappa shape index (κ2) is 6.80. The lowest BCUT2D eigenvalue weighted by molar-refractivity contribution is 0.379. The molecule has 0 bridgehead atoms. The first-order valence-corrected chi connectivity index (χ1v) is 8.54. The van der Waals surface area contributed by atoms with E-state index in [1.165, 1.54) is 43.6 Å². The maximum absolute atomic E-state index is 6.15. The molecule has 1 aromatic heterocycles. The maximum Gasteiger partial charge on any atom is 0.109 e. The van der Waals surface area contributed by atoms with Crippen molar-refractivity contribution in [3.05, 3.63) is 29.0 Å². The van der Waals surface area contributed by atoms with Crippen LogP contribution in [0.5, 0.6) is 0 Å². The third-order valence-corrected chi connectivity index (χ3v) is 4.60. The van der Waals surface area contributed by atoms with Crippen LogP contribution in [-0.4, -0.2) is 22.1 Å². The number of hydrogen-bond acceptors (Lipinski definition) is 2. The Hall–Kier alpha value is -1.06. The number of benzene rings is 1. The van der Waals surface area contributed by atoms with Crippen molar-refractivity contribution in [2.75, 3.05) is 6.54 Å². The van der Waals surface area contributed by atoms with E-state index in [9.17, 15) is 0 Å². The van der Waals surface area contributed by atoms with Crippen LogP contribution in [0.1, 0.15) is 44.9 Å². The lowest BCUT2D eigenvalue weighted by Gasteiger charge is -2.23. The zero-order chi connectivity index (χ0) is 14.7. The first kappa shape index (κ1) is 14.9. The molecule has 3 nitrogen and oxygen atoms in total. The number of rotatable bonds is 5. The second-order valence-corrected chi connectivity index (χ2v) is 6.43. The van der Waals surface area contributed by atoms with E-state index >= 15 is 0 Å². The van der Waals surface area contributed by atoms with Crippen LogP contribution in [0.15, 0.2) is 18.2 Å². The van der Waals surface area contributed by atoms with Gasteiger partial charge in [0.25, 0.3) is 0 Å². The van der Waals surface area contributed by atoms with Gasteiger partial charge in [-0.1, -0.05) is 24.9 Å². The number of aromatic nitrogens is 2. The Morgan fingerprint density at radius 1 is 1.38 bits per heavy atom. The first-order chi connectivity index (χ1) is 10.3. The lowest BCUT2D eigenvalue weighted by Crippen LogP contribution is -2.34. The fourth-order valence-electron chi connectivity index (χ4n) is 3.28. The largest absolute Gasteiger partial charge is 0.328 e. The van der Waals surface area contributed by atoms with Crippen molar-refractivity contribution < 1.29 is 0 Å². The van der Waals surface area contributed by atoms with Gasteiger partial charge in [0.05, 0.1) is 11.0 Å². The molecule has 0 amide bonds. The lowest BCUT2D eigenvalue weighted by atomic mass is 10.0. The van der Waals surface area contributed by atoms with Gasteiger partial charge in [0.2, 0.25) is 0 Å². The summed E-state index contributed by atoms with van der Waals surface area (Å²) in [5, 5.41) is 4.42. The number of fused-ring (bicyclic) bond motifs is 1. The van der Waals surface area contributed by atoms with Gasteiger partial charge < -0.3 is 9.88 Å². The number of nitrogens with one attached hydrogen (secondary N) is 1. The van der Waals surface area contributed by atoms with Crippen molar-refractivity contribution >= 4 is 22.6 Å². The molecule has 0 aliphatic carbocycles. The fraction of sp³-hybridized carbons (Fsp3) is 0.588. The Kier molecular flexibility index (Phi) is 4.81. The van der Waals surface area contributed by atoms with E-state index in [1.54, 1.807) is 0 Å². The van der Waals surface area contributed by atoms with Gasteiger partial charge >= 0.3 is 0 Å². The summed E-state index contributed by atoms with van der Waals surface area (Å²) in [5.41, 5.74) is 2.25. The van der Waals surface area contributed by atoms with Crippen molar-refractivity contribution in [2.24, 2.45) is 0 Å². The molecule has 21 heavy (non-hydrogen) atoms. The van der Waals surface area contributed by atoms with Crippen LogP contribution < -0.4 is 5.32 Å².